The van der Waals surface area contributed by atoms with E-state index in [1.165, 1.54) is 25.3 Å². The van der Waals surface area contributed by atoms with Crippen LogP contribution in [0.5, 0.6) is 11.5 Å². The maximum Gasteiger partial charge on any atom is 0.311 e. The number of nitrogens with zero attached hydrogens (tertiary/aromatic N) is 1. The molecule has 0 aliphatic rings. The van der Waals surface area contributed by atoms with Crippen molar-refractivity contribution in [1.29, 1.82) is 0 Å². The third-order valence-corrected chi connectivity index (χ3v) is 2.78. The number of nitrogens with one attached hydrogen (secondary N) is 1. The van der Waals surface area contributed by atoms with Crippen LogP contribution in [0.15, 0.2) is 48.5 Å². The molecule has 0 heterocycles. The molecular weight excluding hydrogens is 288 g/mol. The lowest BCUT2D eigenvalue weighted by Gasteiger charge is -2.08. The van der Waals surface area contributed by atoms with Crippen molar-refractivity contribution in [2.24, 2.45) is 0 Å². The molecule has 0 saturated carbocycles. The van der Waals surface area contributed by atoms with Gasteiger partial charge in [0.2, 0.25) is 5.75 Å². The van der Waals surface area contributed by atoms with E-state index in [4.69, 9.17) is 9.47 Å². The Hall–Kier alpha value is -3.09. The van der Waals surface area contributed by atoms with Crippen molar-refractivity contribution in [3.63, 3.8) is 0 Å². The van der Waals surface area contributed by atoms with Crippen molar-refractivity contribution in [1.82, 2.24) is 0 Å². The molecule has 0 fully saturated rings. The molecule has 0 atom stereocenters. The summed E-state index contributed by atoms with van der Waals surface area (Å²) in [6.07, 6.45) is 0. The Labute approximate surface area is 126 Å². The standard InChI is InChI=1S/C15H14N2O5/c1-21-14-9-12(7-8-13(14)17(19)20)22-10-15(18)16-11-5-3-2-4-6-11/h2-9H,10H2,1H3,(H,16,18). The van der Waals surface area contributed by atoms with Gasteiger partial charge >= 0.3 is 5.69 Å². The smallest absolute Gasteiger partial charge is 0.311 e. The SMILES string of the molecule is COc1cc(OCC(=O)Nc2ccccc2)ccc1[N+](=O)[O-]. The molecule has 2 aromatic rings. The van der Waals surface area contributed by atoms with Gasteiger partial charge in [0.25, 0.3) is 5.91 Å². The molecule has 7 heteroatoms. The van der Waals surface area contributed by atoms with Crippen molar-refractivity contribution in [2.75, 3.05) is 19.0 Å². The summed E-state index contributed by atoms with van der Waals surface area (Å²) in [5, 5.41) is 13.4. The van der Waals surface area contributed by atoms with E-state index in [1.807, 2.05) is 6.07 Å². The molecule has 0 unspecified atom stereocenters. The lowest BCUT2D eigenvalue weighted by Crippen LogP contribution is -2.20. The number of hydrogen-bond acceptors (Lipinski definition) is 5. The molecule has 0 aliphatic carbocycles. The number of nitro benzene ring substituents is 1. The summed E-state index contributed by atoms with van der Waals surface area (Å²) < 4.78 is 10.2. The van der Waals surface area contributed by atoms with Crippen LogP contribution in [0.1, 0.15) is 0 Å². The minimum atomic E-state index is -0.551. The van der Waals surface area contributed by atoms with Crippen molar-refractivity contribution in [3.05, 3.63) is 58.6 Å². The number of amides is 1. The third-order valence-electron chi connectivity index (χ3n) is 2.78. The second-order valence-corrected chi connectivity index (χ2v) is 4.29. The number of carbonyl (C=O) groups is 1. The van der Waals surface area contributed by atoms with Crippen LogP contribution in [0.3, 0.4) is 0 Å². The van der Waals surface area contributed by atoms with Gasteiger partial charge in [-0.05, 0) is 18.2 Å². The van der Waals surface area contributed by atoms with Gasteiger partial charge in [0, 0.05) is 17.8 Å². The fourth-order valence-electron chi connectivity index (χ4n) is 1.77. The quantitative estimate of drug-likeness (QED) is 0.654. The molecule has 2 rings (SSSR count). The highest BCUT2D eigenvalue weighted by molar-refractivity contribution is 5.91. The van der Waals surface area contributed by atoms with E-state index in [9.17, 15) is 14.9 Å². The van der Waals surface area contributed by atoms with E-state index in [0.717, 1.165) is 0 Å². The molecule has 0 radical (unpaired) electrons. The molecular formula is C15H14N2O5. The van der Waals surface area contributed by atoms with E-state index in [-0.39, 0.29) is 24.0 Å². The molecule has 114 valence electrons. The Morgan fingerprint density at radius 3 is 2.59 bits per heavy atom. The predicted octanol–water partition coefficient (Wildman–Crippen LogP) is 2.62. The van der Waals surface area contributed by atoms with Crippen LogP contribution in [0.25, 0.3) is 0 Å². The number of para-hydroxylation sites is 1. The number of rotatable bonds is 6. The first-order valence-electron chi connectivity index (χ1n) is 6.40. The monoisotopic (exact) mass is 302 g/mol. The zero-order valence-electron chi connectivity index (χ0n) is 11.8. The highest BCUT2D eigenvalue weighted by atomic mass is 16.6. The van der Waals surface area contributed by atoms with Crippen molar-refractivity contribution < 1.29 is 19.2 Å². The first-order chi connectivity index (χ1) is 10.6. The molecule has 0 saturated heterocycles. The summed E-state index contributed by atoms with van der Waals surface area (Å²) in [5.74, 6) is 0.0557. The lowest BCUT2D eigenvalue weighted by atomic mass is 10.3. The summed E-state index contributed by atoms with van der Waals surface area (Å²) in [6.45, 7) is -0.212. The number of benzene rings is 2. The molecule has 22 heavy (non-hydrogen) atoms. The van der Waals surface area contributed by atoms with Crippen LogP contribution in [0.2, 0.25) is 0 Å². The molecule has 7 nitrogen and oxygen atoms in total. The van der Waals surface area contributed by atoms with Crippen LogP contribution in [-0.2, 0) is 4.79 Å². The molecule has 2 aromatic carbocycles. The van der Waals surface area contributed by atoms with E-state index in [0.29, 0.717) is 11.4 Å². The number of hydrogen-bond donors (Lipinski definition) is 1. The van der Waals surface area contributed by atoms with Gasteiger partial charge in [-0.2, -0.15) is 0 Å². The maximum absolute atomic E-state index is 11.7. The molecule has 0 aliphatic heterocycles. The van der Waals surface area contributed by atoms with Gasteiger partial charge in [-0.25, -0.2) is 0 Å². The second kappa shape index (κ2) is 7.07. The van der Waals surface area contributed by atoms with E-state index >= 15 is 0 Å². The molecule has 0 aromatic heterocycles. The van der Waals surface area contributed by atoms with Crippen LogP contribution in [0.4, 0.5) is 11.4 Å². The molecule has 0 spiro atoms. The van der Waals surface area contributed by atoms with Gasteiger partial charge in [-0.15, -0.1) is 0 Å². The average molecular weight is 302 g/mol. The fraction of sp³-hybridized carbons (Fsp3) is 0.133. The summed E-state index contributed by atoms with van der Waals surface area (Å²) in [7, 11) is 1.33. The predicted molar refractivity (Wildman–Crippen MR) is 80.2 cm³/mol. The fourth-order valence-corrected chi connectivity index (χ4v) is 1.77. The molecule has 0 bridgehead atoms. The molecule has 1 N–H and O–H groups in total. The van der Waals surface area contributed by atoms with Crippen LogP contribution < -0.4 is 14.8 Å². The normalized spacial score (nSPS) is 9.86. The second-order valence-electron chi connectivity index (χ2n) is 4.29. The van der Waals surface area contributed by atoms with Gasteiger partial charge < -0.3 is 14.8 Å². The third kappa shape index (κ3) is 3.95. The minimum absolute atomic E-state index is 0.0750. The maximum atomic E-state index is 11.7. The summed E-state index contributed by atoms with van der Waals surface area (Å²) in [5.41, 5.74) is 0.501. The van der Waals surface area contributed by atoms with Gasteiger partial charge in [0.1, 0.15) is 5.75 Å². The van der Waals surface area contributed by atoms with E-state index in [2.05, 4.69) is 5.32 Å². The largest absolute Gasteiger partial charge is 0.490 e. The Morgan fingerprint density at radius 2 is 1.95 bits per heavy atom. The molecule has 1 amide bonds. The number of carbonyl (C=O) groups excluding carboxylic acids is 1. The van der Waals surface area contributed by atoms with Gasteiger partial charge in [-0.3, -0.25) is 14.9 Å². The Kier molecular flexibility index (Phi) is 4.92. The Morgan fingerprint density at radius 1 is 1.23 bits per heavy atom. The number of ether oxygens (including phenoxy) is 2. The summed E-state index contributed by atoms with van der Waals surface area (Å²) in [4.78, 5) is 22.0. The number of nitro groups is 1. The Bertz CT molecular complexity index is 673. The van der Waals surface area contributed by atoms with Crippen LogP contribution >= 0.6 is 0 Å². The zero-order chi connectivity index (χ0) is 15.9. The highest BCUT2D eigenvalue weighted by Gasteiger charge is 2.15. The van der Waals surface area contributed by atoms with Gasteiger partial charge in [-0.1, -0.05) is 18.2 Å². The van der Waals surface area contributed by atoms with E-state index < -0.39 is 4.92 Å². The van der Waals surface area contributed by atoms with Gasteiger partial charge in [0.15, 0.2) is 6.61 Å². The summed E-state index contributed by atoms with van der Waals surface area (Å²) in [6, 6.07) is 13.0. The van der Waals surface area contributed by atoms with Crippen molar-refractivity contribution in [3.8, 4) is 11.5 Å². The van der Waals surface area contributed by atoms with Gasteiger partial charge in [0.05, 0.1) is 12.0 Å². The minimum Gasteiger partial charge on any atom is -0.490 e. The first-order valence-corrected chi connectivity index (χ1v) is 6.40. The van der Waals surface area contributed by atoms with E-state index in [1.54, 1.807) is 24.3 Å². The summed E-state index contributed by atoms with van der Waals surface area (Å²) >= 11 is 0. The number of anilines is 1. The van der Waals surface area contributed by atoms with Crippen molar-refractivity contribution in [2.45, 2.75) is 0 Å². The topological polar surface area (TPSA) is 90.7 Å². The van der Waals surface area contributed by atoms with Crippen LogP contribution in [-0.4, -0.2) is 24.5 Å². The van der Waals surface area contributed by atoms with Crippen LogP contribution in [0, 0.1) is 10.1 Å². The first kappa shape index (κ1) is 15.3. The van der Waals surface area contributed by atoms with Crippen molar-refractivity contribution >= 4 is 17.3 Å². The Balaban J connectivity index is 1.96. The number of methoxy groups -OCH3 is 1. The average Bonchev–Trinajstić information content (AvgIpc) is 2.53. The zero-order valence-corrected chi connectivity index (χ0v) is 11.8. The lowest BCUT2D eigenvalue weighted by molar-refractivity contribution is -0.385. The highest BCUT2D eigenvalue weighted by Crippen LogP contribution is 2.30.